The van der Waals surface area contributed by atoms with Gasteiger partial charge in [0.05, 0.1) is 12.7 Å². The third kappa shape index (κ3) is 2.93. The van der Waals surface area contributed by atoms with E-state index in [9.17, 15) is 14.4 Å². The number of carbonyl (C=O) groups is 3. The Bertz CT molecular complexity index is 646. The minimum Gasteiger partial charge on any atom is -0.465 e. The van der Waals surface area contributed by atoms with Gasteiger partial charge in [0, 0.05) is 18.8 Å². The van der Waals surface area contributed by atoms with Gasteiger partial charge in [0.1, 0.15) is 5.41 Å². The Kier molecular flexibility index (Phi) is 4.07. The van der Waals surface area contributed by atoms with Gasteiger partial charge >= 0.3 is 5.97 Å². The predicted molar refractivity (Wildman–Crippen MR) is 83.9 cm³/mol. The zero-order valence-electron chi connectivity index (χ0n) is 13.1. The normalized spacial score (nSPS) is 18.4. The van der Waals surface area contributed by atoms with Crippen LogP contribution in [0.4, 0.5) is 5.69 Å². The number of amides is 2. The second-order valence-corrected chi connectivity index (χ2v) is 6.11. The number of methoxy groups -OCH3 is 1. The molecule has 1 aliphatic heterocycles. The molecule has 2 fully saturated rings. The maximum Gasteiger partial charge on any atom is 0.337 e. The molecule has 23 heavy (non-hydrogen) atoms. The maximum atomic E-state index is 12.6. The van der Waals surface area contributed by atoms with E-state index in [2.05, 4.69) is 10.1 Å². The van der Waals surface area contributed by atoms with Gasteiger partial charge < -0.3 is 15.0 Å². The first-order valence-electron chi connectivity index (χ1n) is 7.86. The minimum absolute atomic E-state index is 0.0587. The third-order valence-electron chi connectivity index (χ3n) is 4.53. The van der Waals surface area contributed by atoms with Gasteiger partial charge in [-0.1, -0.05) is 6.07 Å². The van der Waals surface area contributed by atoms with E-state index in [0.29, 0.717) is 24.1 Å². The van der Waals surface area contributed by atoms with E-state index in [1.165, 1.54) is 7.11 Å². The Morgan fingerprint density at radius 2 is 1.87 bits per heavy atom. The number of nitrogens with one attached hydrogen (secondary N) is 1. The quantitative estimate of drug-likeness (QED) is 0.679. The number of anilines is 1. The molecule has 0 aromatic heterocycles. The van der Waals surface area contributed by atoms with Gasteiger partial charge in [0.25, 0.3) is 0 Å². The van der Waals surface area contributed by atoms with Gasteiger partial charge in [-0.15, -0.1) is 0 Å². The van der Waals surface area contributed by atoms with Crippen LogP contribution in [0.25, 0.3) is 0 Å². The predicted octanol–water partition coefficient (Wildman–Crippen LogP) is 1.81. The first-order valence-corrected chi connectivity index (χ1v) is 7.86. The number of hydrogen-bond acceptors (Lipinski definition) is 4. The van der Waals surface area contributed by atoms with Crippen LogP contribution in [0.15, 0.2) is 24.3 Å². The molecular weight excluding hydrogens is 296 g/mol. The molecule has 6 heteroatoms. The van der Waals surface area contributed by atoms with Gasteiger partial charge in [-0.05, 0) is 43.9 Å². The molecule has 1 saturated heterocycles. The molecule has 1 N–H and O–H groups in total. The van der Waals surface area contributed by atoms with Crippen LogP contribution in [0.2, 0.25) is 0 Å². The first-order chi connectivity index (χ1) is 11.1. The van der Waals surface area contributed by atoms with Crippen molar-refractivity contribution in [2.75, 3.05) is 25.5 Å². The van der Waals surface area contributed by atoms with Gasteiger partial charge in [-0.3, -0.25) is 9.59 Å². The molecule has 0 bridgehead atoms. The highest BCUT2D eigenvalue weighted by atomic mass is 16.5. The van der Waals surface area contributed by atoms with Crippen LogP contribution in [0.5, 0.6) is 0 Å². The van der Waals surface area contributed by atoms with Gasteiger partial charge in [0.2, 0.25) is 11.8 Å². The molecule has 0 atom stereocenters. The number of ether oxygens (including phenoxy) is 1. The molecule has 1 aromatic rings. The van der Waals surface area contributed by atoms with Gasteiger partial charge in [-0.2, -0.15) is 0 Å². The number of esters is 1. The lowest BCUT2D eigenvalue weighted by molar-refractivity contribution is -0.141. The molecule has 1 heterocycles. The molecule has 3 rings (SSSR count). The number of likely N-dealkylation sites (tertiary alicyclic amines) is 1. The fraction of sp³-hybridized carbons (Fsp3) is 0.471. The van der Waals surface area contributed by atoms with Crippen LogP contribution < -0.4 is 5.32 Å². The Morgan fingerprint density at radius 3 is 2.48 bits per heavy atom. The van der Waals surface area contributed by atoms with Crippen LogP contribution in [0, 0.1) is 5.41 Å². The summed E-state index contributed by atoms with van der Waals surface area (Å²) < 4.78 is 4.67. The average Bonchev–Trinajstić information content (AvgIpc) is 3.21. The molecule has 1 saturated carbocycles. The molecular formula is C17H20N2O4. The highest BCUT2D eigenvalue weighted by molar-refractivity contribution is 6.13. The van der Waals surface area contributed by atoms with Gasteiger partial charge in [0.15, 0.2) is 0 Å². The fourth-order valence-corrected chi connectivity index (χ4v) is 2.98. The highest BCUT2D eigenvalue weighted by Crippen LogP contribution is 2.48. The summed E-state index contributed by atoms with van der Waals surface area (Å²) in [7, 11) is 1.31. The summed E-state index contributed by atoms with van der Waals surface area (Å²) in [6, 6.07) is 6.54. The summed E-state index contributed by atoms with van der Waals surface area (Å²) in [6.07, 6.45) is 3.19. The summed E-state index contributed by atoms with van der Waals surface area (Å²) in [5, 5.41) is 2.77. The van der Waals surface area contributed by atoms with E-state index in [-0.39, 0.29) is 11.8 Å². The molecule has 2 aliphatic rings. The summed E-state index contributed by atoms with van der Waals surface area (Å²) in [4.78, 5) is 38.5. The maximum absolute atomic E-state index is 12.6. The van der Waals surface area contributed by atoms with Crippen molar-refractivity contribution in [3.63, 3.8) is 0 Å². The molecule has 6 nitrogen and oxygen atoms in total. The summed E-state index contributed by atoms with van der Waals surface area (Å²) in [6.45, 7) is 1.48. The van der Waals surface area contributed by atoms with Crippen LogP contribution in [-0.2, 0) is 14.3 Å². The van der Waals surface area contributed by atoms with Crippen LogP contribution in [0.3, 0.4) is 0 Å². The van der Waals surface area contributed by atoms with Crippen molar-refractivity contribution in [2.45, 2.75) is 25.7 Å². The number of rotatable bonds is 4. The third-order valence-corrected chi connectivity index (χ3v) is 4.53. The average molecular weight is 316 g/mol. The van der Waals surface area contributed by atoms with Crippen molar-refractivity contribution in [1.29, 1.82) is 0 Å². The van der Waals surface area contributed by atoms with Gasteiger partial charge in [-0.25, -0.2) is 4.79 Å². The zero-order chi connectivity index (χ0) is 16.4. The lowest BCUT2D eigenvalue weighted by Crippen LogP contribution is -2.41. The molecule has 122 valence electrons. The summed E-state index contributed by atoms with van der Waals surface area (Å²) in [5.74, 6) is -0.802. The highest BCUT2D eigenvalue weighted by Gasteiger charge is 2.58. The molecule has 0 unspecified atom stereocenters. The number of carbonyl (C=O) groups excluding carboxylic acids is 3. The summed E-state index contributed by atoms with van der Waals surface area (Å²) >= 11 is 0. The number of nitrogens with zero attached hydrogens (tertiary/aromatic N) is 1. The number of benzene rings is 1. The minimum atomic E-state index is -0.911. The fourth-order valence-electron chi connectivity index (χ4n) is 2.98. The smallest absolute Gasteiger partial charge is 0.337 e. The summed E-state index contributed by atoms with van der Waals surface area (Å²) in [5.41, 5.74) is -0.0505. The van der Waals surface area contributed by atoms with Crippen molar-refractivity contribution >= 4 is 23.5 Å². The topological polar surface area (TPSA) is 75.7 Å². The van der Waals surface area contributed by atoms with E-state index < -0.39 is 11.4 Å². The van der Waals surface area contributed by atoms with E-state index in [1.807, 2.05) is 0 Å². The Morgan fingerprint density at radius 1 is 1.17 bits per heavy atom. The van der Waals surface area contributed by atoms with E-state index >= 15 is 0 Å². The second-order valence-electron chi connectivity index (χ2n) is 6.11. The van der Waals surface area contributed by atoms with Crippen LogP contribution in [0.1, 0.15) is 36.0 Å². The Balaban J connectivity index is 1.71. The van der Waals surface area contributed by atoms with Crippen molar-refractivity contribution < 1.29 is 19.1 Å². The molecule has 1 aliphatic carbocycles. The van der Waals surface area contributed by atoms with Crippen molar-refractivity contribution in [3.05, 3.63) is 29.8 Å². The van der Waals surface area contributed by atoms with E-state index in [4.69, 9.17) is 0 Å². The molecule has 2 amide bonds. The SMILES string of the molecule is COC(=O)c1cccc(NC(=O)C2(C(=O)N3CCCC3)CC2)c1. The molecule has 0 radical (unpaired) electrons. The zero-order valence-corrected chi connectivity index (χ0v) is 13.1. The van der Waals surface area contributed by atoms with Crippen LogP contribution in [-0.4, -0.2) is 42.9 Å². The van der Waals surface area contributed by atoms with Crippen LogP contribution >= 0.6 is 0 Å². The lowest BCUT2D eigenvalue weighted by Gasteiger charge is -2.22. The largest absolute Gasteiger partial charge is 0.465 e. The Hall–Kier alpha value is -2.37. The van der Waals surface area contributed by atoms with Crippen molar-refractivity contribution in [1.82, 2.24) is 4.90 Å². The Labute approximate surface area is 134 Å². The monoisotopic (exact) mass is 316 g/mol. The molecule has 1 aromatic carbocycles. The number of hydrogen-bond donors (Lipinski definition) is 1. The van der Waals surface area contributed by atoms with Crippen molar-refractivity contribution in [3.8, 4) is 0 Å². The van der Waals surface area contributed by atoms with E-state index in [1.54, 1.807) is 29.2 Å². The first kappa shape index (κ1) is 15.5. The van der Waals surface area contributed by atoms with Crippen molar-refractivity contribution in [2.24, 2.45) is 5.41 Å². The lowest BCUT2D eigenvalue weighted by atomic mass is 10.0. The van der Waals surface area contributed by atoms with E-state index in [0.717, 1.165) is 25.9 Å². The second kappa shape index (κ2) is 6.02. The standard InChI is InChI=1S/C17H20N2O4/c1-23-14(20)12-5-4-6-13(11-12)18-15(21)17(7-8-17)16(22)19-9-2-3-10-19/h4-6,11H,2-3,7-10H2,1H3,(H,18,21). The molecule has 0 spiro atoms.